The summed E-state index contributed by atoms with van der Waals surface area (Å²) >= 11 is 0. The molecule has 1 unspecified atom stereocenters. The van der Waals surface area contributed by atoms with Crippen LogP contribution in [-0.2, 0) is 12.0 Å². The number of nitrogens with one attached hydrogen (secondary N) is 1. The van der Waals surface area contributed by atoms with Gasteiger partial charge in [-0.3, -0.25) is 4.90 Å². The van der Waals surface area contributed by atoms with Crippen molar-refractivity contribution in [2.75, 3.05) is 26.2 Å². The Hall–Kier alpha value is -0.940. The number of hydrogen-bond donors (Lipinski definition) is 1. The van der Waals surface area contributed by atoms with Crippen LogP contribution in [0.1, 0.15) is 52.3 Å². The molecule has 0 bridgehead atoms. The topological polar surface area (TPSA) is 54.2 Å². The van der Waals surface area contributed by atoms with E-state index in [0.29, 0.717) is 0 Å². The van der Waals surface area contributed by atoms with E-state index in [1.807, 2.05) is 0 Å². The molecule has 1 aliphatic heterocycles. The zero-order valence-corrected chi connectivity index (χ0v) is 13.3. The summed E-state index contributed by atoms with van der Waals surface area (Å²) in [6.07, 6.45) is 2.61. The highest BCUT2D eigenvalue weighted by Crippen LogP contribution is 2.21. The summed E-state index contributed by atoms with van der Waals surface area (Å²) in [7, 11) is 0. The van der Waals surface area contributed by atoms with Crippen molar-refractivity contribution in [3.8, 4) is 0 Å². The lowest BCUT2D eigenvalue weighted by Crippen LogP contribution is -2.38. The van der Waals surface area contributed by atoms with Crippen LogP contribution in [0.3, 0.4) is 0 Å². The van der Waals surface area contributed by atoms with Crippen molar-refractivity contribution >= 4 is 0 Å². The molecule has 1 atom stereocenters. The number of hydrogen-bond acceptors (Lipinski definition) is 5. The highest BCUT2D eigenvalue weighted by Gasteiger charge is 2.23. The van der Waals surface area contributed by atoms with Crippen molar-refractivity contribution in [3.63, 3.8) is 0 Å². The molecule has 0 spiro atoms. The summed E-state index contributed by atoms with van der Waals surface area (Å²) < 4.78 is 5.79. The van der Waals surface area contributed by atoms with E-state index in [1.54, 1.807) is 0 Å². The molecule has 0 radical (unpaired) electrons. The number of piperidine rings is 1. The van der Waals surface area contributed by atoms with Crippen LogP contribution in [-0.4, -0.2) is 41.3 Å². The van der Waals surface area contributed by atoms with Gasteiger partial charge >= 0.3 is 0 Å². The minimum Gasteiger partial charge on any atom is -0.423 e. The predicted octanol–water partition coefficient (Wildman–Crippen LogP) is 2.19. The van der Waals surface area contributed by atoms with Crippen LogP contribution in [0.25, 0.3) is 0 Å². The molecule has 2 heterocycles. The highest BCUT2D eigenvalue weighted by molar-refractivity contribution is 4.96. The van der Waals surface area contributed by atoms with Crippen molar-refractivity contribution < 1.29 is 4.42 Å². The molecule has 1 aromatic heterocycles. The third kappa shape index (κ3) is 4.28. The maximum atomic E-state index is 5.79. The Morgan fingerprint density at radius 3 is 2.70 bits per heavy atom. The van der Waals surface area contributed by atoms with E-state index < -0.39 is 0 Å². The van der Waals surface area contributed by atoms with Crippen molar-refractivity contribution in [1.82, 2.24) is 20.4 Å². The third-order valence-electron chi connectivity index (χ3n) is 3.83. The lowest BCUT2D eigenvalue weighted by Gasteiger charge is -2.28. The Bertz CT molecular complexity index is 404. The number of aromatic nitrogens is 2. The molecule has 1 fully saturated rings. The normalized spacial score (nSPS) is 20.6. The van der Waals surface area contributed by atoms with Gasteiger partial charge in [0.05, 0.1) is 6.54 Å². The first-order valence-electron chi connectivity index (χ1n) is 7.75. The van der Waals surface area contributed by atoms with E-state index in [2.05, 4.69) is 48.1 Å². The van der Waals surface area contributed by atoms with Crippen LogP contribution in [0, 0.1) is 5.92 Å². The van der Waals surface area contributed by atoms with E-state index in [9.17, 15) is 0 Å². The largest absolute Gasteiger partial charge is 0.423 e. The lowest BCUT2D eigenvalue weighted by atomic mass is 9.97. The molecule has 20 heavy (non-hydrogen) atoms. The molecule has 0 aromatic carbocycles. The standard InChI is InChI=1S/C15H28N4O/c1-5-19(10-12-7-6-8-16-9-12)11-13-17-18-14(20-13)15(2,3)4/h12,16H,5-11H2,1-4H3. The van der Waals surface area contributed by atoms with Crippen molar-refractivity contribution in [1.29, 1.82) is 0 Å². The summed E-state index contributed by atoms with van der Waals surface area (Å²) in [4.78, 5) is 2.40. The summed E-state index contributed by atoms with van der Waals surface area (Å²) in [6, 6.07) is 0. The Balaban J connectivity index is 1.90. The van der Waals surface area contributed by atoms with Gasteiger partial charge in [0.2, 0.25) is 11.8 Å². The average Bonchev–Trinajstić information content (AvgIpc) is 2.87. The van der Waals surface area contributed by atoms with Gasteiger partial charge in [-0.1, -0.05) is 27.7 Å². The second-order valence-electron chi connectivity index (χ2n) is 6.79. The third-order valence-corrected chi connectivity index (χ3v) is 3.83. The molecular formula is C15H28N4O. The molecule has 2 rings (SSSR count). The molecule has 0 amide bonds. The highest BCUT2D eigenvalue weighted by atomic mass is 16.4. The molecule has 0 saturated carbocycles. The Morgan fingerprint density at radius 2 is 2.15 bits per heavy atom. The Labute approximate surface area is 122 Å². The summed E-state index contributed by atoms with van der Waals surface area (Å²) in [5.41, 5.74) is -0.0738. The van der Waals surface area contributed by atoms with Gasteiger partial charge in [0.15, 0.2) is 0 Å². The molecule has 1 N–H and O–H groups in total. The van der Waals surface area contributed by atoms with Crippen LogP contribution in [0.2, 0.25) is 0 Å². The first kappa shape index (κ1) is 15.4. The smallest absolute Gasteiger partial charge is 0.230 e. The maximum absolute atomic E-state index is 5.79. The van der Waals surface area contributed by atoms with E-state index >= 15 is 0 Å². The minimum absolute atomic E-state index is 0.0738. The zero-order valence-electron chi connectivity index (χ0n) is 13.3. The first-order chi connectivity index (χ1) is 9.49. The van der Waals surface area contributed by atoms with Crippen LogP contribution < -0.4 is 5.32 Å². The fourth-order valence-electron chi connectivity index (χ4n) is 2.56. The molecule has 5 heteroatoms. The van der Waals surface area contributed by atoms with Crippen molar-refractivity contribution in [2.45, 2.75) is 52.5 Å². The molecule has 1 aliphatic rings. The van der Waals surface area contributed by atoms with Gasteiger partial charge < -0.3 is 9.73 Å². The van der Waals surface area contributed by atoms with Gasteiger partial charge in [0, 0.05) is 12.0 Å². The van der Waals surface area contributed by atoms with E-state index in [-0.39, 0.29) is 5.41 Å². The van der Waals surface area contributed by atoms with Crippen LogP contribution in [0.4, 0.5) is 0 Å². The van der Waals surface area contributed by atoms with E-state index in [1.165, 1.54) is 19.4 Å². The monoisotopic (exact) mass is 280 g/mol. The average molecular weight is 280 g/mol. The molecule has 0 aliphatic carbocycles. The molecule has 114 valence electrons. The molecular weight excluding hydrogens is 252 g/mol. The second kappa shape index (κ2) is 6.68. The number of rotatable bonds is 5. The van der Waals surface area contributed by atoms with Crippen molar-refractivity contribution in [3.05, 3.63) is 11.8 Å². The van der Waals surface area contributed by atoms with E-state index in [4.69, 9.17) is 4.42 Å². The fraction of sp³-hybridized carbons (Fsp3) is 0.867. The van der Waals surface area contributed by atoms with Gasteiger partial charge in [-0.2, -0.15) is 0 Å². The van der Waals surface area contributed by atoms with Gasteiger partial charge in [0.1, 0.15) is 0 Å². The van der Waals surface area contributed by atoms with Gasteiger partial charge in [-0.05, 0) is 38.4 Å². The van der Waals surface area contributed by atoms with Gasteiger partial charge in [0.25, 0.3) is 0 Å². The van der Waals surface area contributed by atoms with Crippen molar-refractivity contribution in [2.24, 2.45) is 5.92 Å². The quantitative estimate of drug-likeness (QED) is 0.896. The predicted molar refractivity (Wildman–Crippen MR) is 79.5 cm³/mol. The lowest BCUT2D eigenvalue weighted by molar-refractivity contribution is 0.191. The molecule has 1 saturated heterocycles. The summed E-state index contributed by atoms with van der Waals surface area (Å²) in [5, 5.41) is 11.8. The summed E-state index contributed by atoms with van der Waals surface area (Å²) in [6.45, 7) is 13.7. The molecule has 5 nitrogen and oxygen atoms in total. The van der Waals surface area contributed by atoms with Crippen LogP contribution in [0.15, 0.2) is 4.42 Å². The zero-order chi connectivity index (χ0) is 14.6. The Morgan fingerprint density at radius 1 is 1.35 bits per heavy atom. The minimum atomic E-state index is -0.0738. The van der Waals surface area contributed by atoms with Crippen LogP contribution >= 0.6 is 0 Å². The Kier molecular flexibility index (Phi) is 5.16. The maximum Gasteiger partial charge on any atom is 0.230 e. The van der Waals surface area contributed by atoms with E-state index in [0.717, 1.165) is 43.9 Å². The number of nitrogens with zero attached hydrogens (tertiary/aromatic N) is 3. The van der Waals surface area contributed by atoms with Gasteiger partial charge in [-0.25, -0.2) is 0 Å². The first-order valence-corrected chi connectivity index (χ1v) is 7.75. The van der Waals surface area contributed by atoms with Gasteiger partial charge in [-0.15, -0.1) is 10.2 Å². The fourth-order valence-corrected chi connectivity index (χ4v) is 2.56. The van der Waals surface area contributed by atoms with Crippen LogP contribution in [0.5, 0.6) is 0 Å². The SMILES string of the molecule is CCN(Cc1nnc(C(C)(C)C)o1)CC1CCCNC1. The molecule has 1 aromatic rings. The summed E-state index contributed by atoms with van der Waals surface area (Å²) in [5.74, 6) is 2.21. The second-order valence-corrected chi connectivity index (χ2v) is 6.79.